The van der Waals surface area contributed by atoms with Crippen LogP contribution in [0.25, 0.3) is 11.1 Å². The highest BCUT2D eigenvalue weighted by Gasteiger charge is 2.19. The Bertz CT molecular complexity index is 620. The van der Waals surface area contributed by atoms with E-state index in [0.29, 0.717) is 0 Å². The van der Waals surface area contributed by atoms with Gasteiger partial charge in [-0.15, -0.1) is 0 Å². The maximum Gasteiger partial charge on any atom is 0.127 e. The van der Waals surface area contributed by atoms with Crippen LogP contribution in [-0.4, -0.2) is 0 Å². The van der Waals surface area contributed by atoms with Crippen LogP contribution in [0, 0.1) is 5.41 Å². The molecule has 0 amide bonds. The summed E-state index contributed by atoms with van der Waals surface area (Å²) in [5, 5.41) is 0.737. The fourth-order valence-corrected chi connectivity index (χ4v) is 2.32. The molecule has 0 atom stereocenters. The highest BCUT2D eigenvalue weighted by atomic mass is 35.5. The van der Waals surface area contributed by atoms with E-state index < -0.39 is 0 Å². The van der Waals surface area contributed by atoms with Gasteiger partial charge in [0.15, 0.2) is 0 Å². The van der Waals surface area contributed by atoms with Gasteiger partial charge in [0.25, 0.3) is 0 Å². The van der Waals surface area contributed by atoms with Gasteiger partial charge in [-0.3, -0.25) is 0 Å². The lowest BCUT2D eigenvalue weighted by Crippen LogP contribution is -2.14. The van der Waals surface area contributed by atoms with Gasteiger partial charge < -0.3 is 4.74 Å². The first-order chi connectivity index (χ1) is 9.90. The topological polar surface area (TPSA) is 9.23 Å². The summed E-state index contributed by atoms with van der Waals surface area (Å²) in [6, 6.07) is 15.7. The Kier molecular flexibility index (Phi) is 4.97. The number of ether oxygens (including phenoxy) is 1. The summed E-state index contributed by atoms with van der Waals surface area (Å²) in [5.41, 5.74) is 3.60. The molecule has 0 saturated heterocycles. The van der Waals surface area contributed by atoms with Crippen LogP contribution in [-0.2, 0) is 0 Å². The summed E-state index contributed by atoms with van der Waals surface area (Å²) in [5.74, 6) is 1.51. The molecule has 2 aromatic carbocycles. The van der Waals surface area contributed by atoms with Crippen LogP contribution in [0.1, 0.15) is 20.8 Å². The molecule has 0 fully saturated rings. The number of rotatable bonds is 3. The van der Waals surface area contributed by atoms with Crippen molar-refractivity contribution in [3.8, 4) is 16.9 Å². The molecule has 2 aromatic rings. The molecular formula is C18H18Cl2O. The second kappa shape index (κ2) is 6.55. The third-order valence-electron chi connectivity index (χ3n) is 3.10. The van der Waals surface area contributed by atoms with Crippen LogP contribution in [0.2, 0.25) is 5.02 Å². The van der Waals surface area contributed by atoms with Crippen molar-refractivity contribution in [2.24, 2.45) is 5.41 Å². The van der Waals surface area contributed by atoms with E-state index in [-0.39, 0.29) is 5.41 Å². The smallest absolute Gasteiger partial charge is 0.127 e. The van der Waals surface area contributed by atoms with Gasteiger partial charge in [0.2, 0.25) is 0 Å². The van der Waals surface area contributed by atoms with Crippen LogP contribution < -0.4 is 4.74 Å². The van der Waals surface area contributed by atoms with Crippen molar-refractivity contribution in [1.29, 1.82) is 0 Å². The lowest BCUT2D eigenvalue weighted by atomic mass is 9.95. The Morgan fingerprint density at radius 1 is 0.905 bits per heavy atom. The number of hydrogen-bond acceptors (Lipinski definition) is 1. The van der Waals surface area contributed by atoms with E-state index in [0.717, 1.165) is 27.7 Å². The molecule has 0 aromatic heterocycles. The quantitative estimate of drug-likeness (QED) is 0.585. The molecule has 0 aliphatic heterocycles. The molecule has 0 bridgehead atoms. The van der Waals surface area contributed by atoms with Crippen molar-refractivity contribution in [3.05, 3.63) is 64.8 Å². The van der Waals surface area contributed by atoms with E-state index in [9.17, 15) is 0 Å². The predicted octanol–water partition coefficient (Wildman–Crippen LogP) is 6.51. The molecule has 0 aliphatic carbocycles. The molecule has 0 radical (unpaired) electrons. The summed E-state index contributed by atoms with van der Waals surface area (Å²) in [6.07, 6.45) is 0. The van der Waals surface area contributed by atoms with Gasteiger partial charge in [-0.1, -0.05) is 68.2 Å². The first-order valence-electron chi connectivity index (χ1n) is 6.75. The molecule has 0 spiro atoms. The van der Waals surface area contributed by atoms with E-state index in [2.05, 4.69) is 20.8 Å². The van der Waals surface area contributed by atoms with Gasteiger partial charge in [-0.25, -0.2) is 0 Å². The Morgan fingerprint density at radius 3 is 1.81 bits per heavy atom. The van der Waals surface area contributed by atoms with E-state index in [1.165, 1.54) is 5.54 Å². The van der Waals surface area contributed by atoms with Crippen molar-refractivity contribution in [1.82, 2.24) is 0 Å². The second-order valence-electron chi connectivity index (χ2n) is 5.86. The largest absolute Gasteiger partial charge is 0.460 e. The zero-order valence-electron chi connectivity index (χ0n) is 12.4. The van der Waals surface area contributed by atoms with Crippen LogP contribution in [0.15, 0.2) is 59.8 Å². The monoisotopic (exact) mass is 320 g/mol. The van der Waals surface area contributed by atoms with Crippen molar-refractivity contribution >= 4 is 23.2 Å². The lowest BCUT2D eigenvalue weighted by molar-refractivity contribution is 0.295. The fraction of sp³-hybridized carbons (Fsp3) is 0.222. The van der Waals surface area contributed by atoms with Gasteiger partial charge in [-0.05, 0) is 35.4 Å². The maximum absolute atomic E-state index is 5.90. The lowest BCUT2D eigenvalue weighted by Gasteiger charge is -2.22. The average molecular weight is 321 g/mol. The van der Waals surface area contributed by atoms with Gasteiger partial charge in [0, 0.05) is 16.0 Å². The minimum Gasteiger partial charge on any atom is -0.460 e. The van der Waals surface area contributed by atoms with Crippen LogP contribution in [0.4, 0.5) is 0 Å². The summed E-state index contributed by atoms with van der Waals surface area (Å²) >= 11 is 11.7. The Labute approximate surface area is 136 Å². The van der Waals surface area contributed by atoms with Gasteiger partial charge in [-0.2, -0.15) is 0 Å². The van der Waals surface area contributed by atoms with E-state index in [4.69, 9.17) is 27.9 Å². The molecular weight excluding hydrogens is 303 g/mol. The minimum absolute atomic E-state index is 0.128. The first-order valence-corrected chi connectivity index (χ1v) is 7.56. The number of hydrogen-bond donors (Lipinski definition) is 0. The summed E-state index contributed by atoms with van der Waals surface area (Å²) in [7, 11) is 0. The Hall–Kier alpha value is -1.44. The van der Waals surface area contributed by atoms with Crippen molar-refractivity contribution in [2.75, 3.05) is 0 Å². The number of benzene rings is 2. The normalized spacial score (nSPS) is 12.3. The Balaban J connectivity index is 2.18. The van der Waals surface area contributed by atoms with E-state index >= 15 is 0 Å². The molecule has 2 rings (SSSR count). The van der Waals surface area contributed by atoms with Gasteiger partial charge in [0.1, 0.15) is 11.5 Å². The van der Waals surface area contributed by atoms with E-state index in [1.54, 1.807) is 0 Å². The molecule has 1 nitrogen and oxygen atoms in total. The SMILES string of the molecule is CC(C)(C)C(=CCl)Oc1ccc(-c2ccc(Cl)cc2)cc1. The summed E-state index contributed by atoms with van der Waals surface area (Å²) in [6.45, 7) is 6.18. The van der Waals surface area contributed by atoms with Crippen molar-refractivity contribution < 1.29 is 4.74 Å². The highest BCUT2D eigenvalue weighted by molar-refractivity contribution is 6.30. The minimum atomic E-state index is -0.128. The molecule has 0 saturated carbocycles. The number of halogens is 2. The van der Waals surface area contributed by atoms with Crippen LogP contribution in [0.3, 0.4) is 0 Å². The Morgan fingerprint density at radius 2 is 1.38 bits per heavy atom. The molecule has 110 valence electrons. The predicted molar refractivity (Wildman–Crippen MR) is 90.9 cm³/mol. The van der Waals surface area contributed by atoms with E-state index in [1.807, 2.05) is 48.5 Å². The maximum atomic E-state index is 5.90. The number of allylic oxidation sites excluding steroid dienone is 1. The zero-order chi connectivity index (χ0) is 15.5. The first kappa shape index (κ1) is 15.9. The molecule has 0 N–H and O–H groups in total. The molecule has 0 unspecified atom stereocenters. The highest BCUT2D eigenvalue weighted by Crippen LogP contribution is 2.30. The zero-order valence-corrected chi connectivity index (χ0v) is 13.9. The fourth-order valence-electron chi connectivity index (χ4n) is 1.82. The van der Waals surface area contributed by atoms with Crippen molar-refractivity contribution in [2.45, 2.75) is 20.8 Å². The standard InChI is InChI=1S/C18H18Cl2O/c1-18(2,3)17(12-19)21-16-10-6-14(7-11-16)13-4-8-15(20)9-5-13/h4-12H,1-3H3. The second-order valence-corrected chi connectivity index (χ2v) is 6.51. The summed E-state index contributed by atoms with van der Waals surface area (Å²) < 4.78 is 5.85. The van der Waals surface area contributed by atoms with Gasteiger partial charge >= 0.3 is 0 Å². The average Bonchev–Trinajstić information content (AvgIpc) is 2.45. The molecule has 21 heavy (non-hydrogen) atoms. The molecule has 0 heterocycles. The molecule has 0 aliphatic rings. The van der Waals surface area contributed by atoms with Gasteiger partial charge in [0.05, 0.1) is 0 Å². The third-order valence-corrected chi connectivity index (χ3v) is 3.55. The third kappa shape index (κ3) is 4.26. The summed E-state index contributed by atoms with van der Waals surface area (Å²) in [4.78, 5) is 0. The van der Waals surface area contributed by atoms with Crippen LogP contribution >= 0.6 is 23.2 Å². The van der Waals surface area contributed by atoms with Crippen molar-refractivity contribution in [3.63, 3.8) is 0 Å². The van der Waals surface area contributed by atoms with Crippen LogP contribution in [0.5, 0.6) is 5.75 Å². The molecule has 3 heteroatoms.